The van der Waals surface area contributed by atoms with E-state index in [0.29, 0.717) is 11.2 Å². The minimum absolute atomic E-state index is 0.159. The molecule has 2 fully saturated rings. The molecule has 5 rings (SSSR count). The third kappa shape index (κ3) is 5.34. The van der Waals surface area contributed by atoms with Crippen molar-refractivity contribution >= 4 is 36.0 Å². The van der Waals surface area contributed by atoms with Gasteiger partial charge in [-0.05, 0) is 0 Å². The van der Waals surface area contributed by atoms with Crippen molar-refractivity contribution in [2.24, 2.45) is 7.05 Å². The summed E-state index contributed by atoms with van der Waals surface area (Å²) in [5, 5.41) is 20.5. The van der Waals surface area contributed by atoms with Crippen LogP contribution in [0.3, 0.4) is 0 Å². The van der Waals surface area contributed by atoms with Gasteiger partial charge in [0.1, 0.15) is 42.5 Å². The molecule has 218 valence electrons. The molecule has 19 heteroatoms. The van der Waals surface area contributed by atoms with Gasteiger partial charge in [0, 0.05) is 32.8 Å². The smallest absolute Gasteiger partial charge is 0.386 e. The number of hydrogen-bond acceptors (Lipinski definition) is 14. The number of ether oxygens (including phenoxy) is 3. The van der Waals surface area contributed by atoms with Gasteiger partial charge < -0.3 is 30.2 Å². The third-order valence-corrected chi connectivity index (χ3v) is 8.40. The van der Waals surface area contributed by atoms with Crippen LogP contribution in [0.25, 0.3) is 11.2 Å². The number of methoxy groups -OCH3 is 1. The first-order chi connectivity index (χ1) is 19.0. The van der Waals surface area contributed by atoms with Crippen LogP contribution >= 0.6 is 19.0 Å². The molecule has 4 unspecified atom stereocenters. The second-order valence-corrected chi connectivity index (χ2v) is 12.1. The van der Waals surface area contributed by atoms with E-state index in [4.69, 9.17) is 29.0 Å². The Kier molecular flexibility index (Phi) is 8.15. The lowest BCUT2D eigenvalue weighted by Crippen LogP contribution is -2.42. The average Bonchev–Trinajstić information content (AvgIpc) is 3.61. The van der Waals surface area contributed by atoms with Gasteiger partial charge >= 0.3 is 12.5 Å². The second-order valence-electron chi connectivity index (χ2n) is 9.20. The van der Waals surface area contributed by atoms with Crippen molar-refractivity contribution in [3.8, 4) is 0 Å². The Morgan fingerprint density at radius 3 is 2.70 bits per heavy atom. The molecule has 2 aliphatic rings. The lowest BCUT2D eigenvalue weighted by Gasteiger charge is -2.26. The zero-order chi connectivity index (χ0) is 28.8. The number of imidazole rings is 1. The van der Waals surface area contributed by atoms with Crippen LogP contribution in [0.1, 0.15) is 18.9 Å². The number of anilines is 1. The summed E-state index contributed by atoms with van der Waals surface area (Å²) in [6.45, 7) is -5.10. The Bertz CT molecular complexity index is 1550. The summed E-state index contributed by atoms with van der Waals surface area (Å²) < 4.78 is 45.0. The van der Waals surface area contributed by atoms with E-state index in [2.05, 4.69) is 27.2 Å². The molecule has 0 amide bonds. The van der Waals surface area contributed by atoms with Crippen LogP contribution in [0, 0.1) is 0 Å². The zero-order valence-corrected chi connectivity index (χ0v) is 23.1. The molecular weight excluding hydrogens is 573 g/mol. The topological polar surface area (TPSA) is 217 Å². The number of nitrogens with two attached hydrogens (primary N) is 1. The average molecular weight is 602 g/mol. The monoisotopic (exact) mass is 601 g/mol. The molecule has 0 aliphatic carbocycles. The summed E-state index contributed by atoms with van der Waals surface area (Å²) in [5.74, 6) is 0.199. The molecule has 8 atom stereocenters. The van der Waals surface area contributed by atoms with Crippen LogP contribution in [0.2, 0.25) is 0 Å². The van der Waals surface area contributed by atoms with E-state index in [0.717, 1.165) is 9.13 Å². The quantitative estimate of drug-likeness (QED) is 0.170. The molecule has 3 aromatic rings. The summed E-state index contributed by atoms with van der Waals surface area (Å²) >= 11 is 4.05. The van der Waals surface area contributed by atoms with E-state index in [1.807, 2.05) is 0 Å². The molecule has 40 heavy (non-hydrogen) atoms. The van der Waals surface area contributed by atoms with Crippen molar-refractivity contribution in [3.05, 3.63) is 45.8 Å². The zero-order valence-electron chi connectivity index (χ0n) is 21.3. The first kappa shape index (κ1) is 28.8. The number of fused-ring (bicyclic) bond motifs is 1. The SMILES string of the molecule is COC1C(OP(=O)(S)OC[C@H]2O[C@@H](n3cnc4c(N)ncnc43)CC2O)[C@@H](CO)O[C@H]1n1ccc(=O)n(C)c1=O. The fourth-order valence-electron chi connectivity index (χ4n) is 4.71. The van der Waals surface area contributed by atoms with E-state index in [-0.39, 0.29) is 18.8 Å². The Morgan fingerprint density at radius 1 is 1.20 bits per heavy atom. The van der Waals surface area contributed by atoms with E-state index >= 15 is 0 Å². The minimum atomic E-state index is -4.16. The number of nitrogen functional groups attached to an aromatic ring is 1. The Balaban J connectivity index is 1.27. The fourth-order valence-corrected chi connectivity index (χ4v) is 6.19. The van der Waals surface area contributed by atoms with Crippen LogP contribution in [0.4, 0.5) is 5.82 Å². The Morgan fingerprint density at radius 2 is 1.98 bits per heavy atom. The molecule has 0 radical (unpaired) electrons. The van der Waals surface area contributed by atoms with Gasteiger partial charge in [0.15, 0.2) is 17.7 Å². The van der Waals surface area contributed by atoms with Crippen molar-refractivity contribution in [2.75, 3.05) is 26.1 Å². The van der Waals surface area contributed by atoms with Gasteiger partial charge in [-0.3, -0.25) is 27.5 Å². The third-order valence-electron chi connectivity index (χ3n) is 6.79. The van der Waals surface area contributed by atoms with Crippen molar-refractivity contribution in [1.29, 1.82) is 0 Å². The molecule has 0 bridgehead atoms. The van der Waals surface area contributed by atoms with Crippen LogP contribution < -0.4 is 17.0 Å². The van der Waals surface area contributed by atoms with Gasteiger partial charge in [-0.2, -0.15) is 0 Å². The van der Waals surface area contributed by atoms with Crippen LogP contribution in [-0.2, 0) is 34.9 Å². The number of rotatable bonds is 9. The molecule has 4 N–H and O–H groups in total. The van der Waals surface area contributed by atoms with Gasteiger partial charge in [0.05, 0.1) is 25.6 Å². The molecule has 0 spiro atoms. The molecule has 0 saturated carbocycles. The second kappa shape index (κ2) is 11.3. The number of aliphatic hydroxyl groups is 2. The molecule has 2 saturated heterocycles. The highest BCUT2D eigenvalue weighted by Gasteiger charge is 2.50. The summed E-state index contributed by atoms with van der Waals surface area (Å²) in [6.07, 6.45) is -2.85. The van der Waals surface area contributed by atoms with Crippen LogP contribution in [0.15, 0.2) is 34.5 Å². The summed E-state index contributed by atoms with van der Waals surface area (Å²) in [5.41, 5.74) is 5.42. The van der Waals surface area contributed by atoms with Gasteiger partial charge in [0.25, 0.3) is 5.56 Å². The highest BCUT2D eigenvalue weighted by Crippen LogP contribution is 2.56. The predicted octanol–water partition coefficient (Wildman–Crippen LogP) is -1.04. The van der Waals surface area contributed by atoms with E-state index in [1.165, 1.54) is 39.1 Å². The standard InChI is InChI=1S/C21H28N7O10PS/c1-26-13(31)3-4-27(21(26)32)20-17(34-2)16(11(6-29)37-20)38-39(33,40)35-7-12-10(30)5-14(36-12)28-9-25-15-18(22)23-8-24-19(15)28/h3-4,8-12,14,16-17,20,29-30H,5-7H2,1-2H3,(H,33,40)(H2,22,23,24)/t10?,11-,12-,14-,16?,17?,20-,39?/m1/s1. The van der Waals surface area contributed by atoms with Crippen molar-refractivity contribution in [3.63, 3.8) is 0 Å². The maximum absolute atomic E-state index is 13.2. The Hall–Kier alpha value is -2.67. The molecule has 17 nitrogen and oxygen atoms in total. The predicted molar refractivity (Wildman–Crippen MR) is 139 cm³/mol. The highest BCUT2D eigenvalue weighted by atomic mass is 32.7. The molecule has 2 aliphatic heterocycles. The van der Waals surface area contributed by atoms with Crippen LogP contribution in [0.5, 0.6) is 0 Å². The number of thiol groups is 1. The lowest BCUT2D eigenvalue weighted by molar-refractivity contribution is -0.0630. The number of hydrogen-bond donors (Lipinski definition) is 4. The van der Waals surface area contributed by atoms with Crippen molar-refractivity contribution < 1.29 is 38.0 Å². The summed E-state index contributed by atoms with van der Waals surface area (Å²) in [7, 11) is 2.61. The normalized spacial score (nSPS) is 30.2. The fraction of sp³-hybridized carbons (Fsp3) is 0.571. The number of nitrogens with zero attached hydrogens (tertiary/aromatic N) is 6. The first-order valence-electron chi connectivity index (χ1n) is 12.0. The maximum Gasteiger partial charge on any atom is 0.386 e. The van der Waals surface area contributed by atoms with E-state index in [9.17, 15) is 24.4 Å². The number of aliphatic hydroxyl groups excluding tert-OH is 2. The van der Waals surface area contributed by atoms with E-state index in [1.54, 1.807) is 4.57 Å². The molecule has 3 aromatic heterocycles. The van der Waals surface area contributed by atoms with E-state index < -0.39 is 67.6 Å². The maximum atomic E-state index is 13.2. The lowest BCUT2D eigenvalue weighted by atomic mass is 10.1. The van der Waals surface area contributed by atoms with Gasteiger partial charge in [0.2, 0.25) is 0 Å². The molecular formula is C21H28N7O10PS. The van der Waals surface area contributed by atoms with Crippen molar-refractivity contribution in [1.82, 2.24) is 28.7 Å². The summed E-state index contributed by atoms with van der Waals surface area (Å²) in [4.78, 5) is 36.7. The Labute approximate surface area is 231 Å². The van der Waals surface area contributed by atoms with Gasteiger partial charge in [-0.1, -0.05) is 12.2 Å². The molecule has 5 heterocycles. The number of aromatic nitrogens is 6. The van der Waals surface area contributed by atoms with Gasteiger partial charge in [-0.15, -0.1) is 0 Å². The van der Waals surface area contributed by atoms with Crippen LogP contribution in [-0.4, -0.2) is 89.7 Å². The highest BCUT2D eigenvalue weighted by molar-refractivity contribution is 8.44. The first-order valence-corrected chi connectivity index (χ1v) is 14.7. The van der Waals surface area contributed by atoms with Crippen molar-refractivity contribution in [2.45, 2.75) is 49.4 Å². The summed E-state index contributed by atoms with van der Waals surface area (Å²) in [6, 6.07) is 1.17. The minimum Gasteiger partial charge on any atom is -0.394 e. The molecule has 0 aromatic carbocycles. The largest absolute Gasteiger partial charge is 0.394 e. The van der Waals surface area contributed by atoms with Gasteiger partial charge in [-0.25, -0.2) is 24.3 Å².